The largest absolute Gasteiger partial charge is 0.378 e. The molecule has 0 unspecified atom stereocenters. The number of fused-ring (bicyclic) bond motifs is 1. The molecule has 130 valence electrons. The van der Waals surface area contributed by atoms with E-state index in [1.165, 1.54) is 10.9 Å². The molecular formula is C19H15ClN4O2. The van der Waals surface area contributed by atoms with E-state index in [1.807, 2.05) is 42.5 Å². The van der Waals surface area contributed by atoms with Crippen LogP contribution in [0.15, 0.2) is 64.2 Å². The van der Waals surface area contributed by atoms with Gasteiger partial charge in [-0.25, -0.2) is 4.98 Å². The fourth-order valence-electron chi connectivity index (χ4n) is 2.66. The molecule has 1 N–H and O–H groups in total. The van der Waals surface area contributed by atoms with Gasteiger partial charge >= 0.3 is 0 Å². The van der Waals surface area contributed by atoms with Gasteiger partial charge in [0.1, 0.15) is 5.69 Å². The summed E-state index contributed by atoms with van der Waals surface area (Å²) in [6, 6.07) is 14.8. The summed E-state index contributed by atoms with van der Waals surface area (Å²) in [5.41, 5.74) is 3.13. The Labute approximate surface area is 154 Å². The second-order valence-electron chi connectivity index (χ2n) is 5.93. The number of nitrogens with one attached hydrogen (secondary N) is 1. The van der Waals surface area contributed by atoms with Crippen molar-refractivity contribution in [2.24, 2.45) is 7.05 Å². The van der Waals surface area contributed by atoms with Crippen LogP contribution in [0.5, 0.6) is 0 Å². The molecule has 0 aliphatic rings. The van der Waals surface area contributed by atoms with E-state index in [4.69, 9.17) is 16.1 Å². The number of hydrogen-bond donors (Lipinski definition) is 1. The molecule has 0 amide bonds. The summed E-state index contributed by atoms with van der Waals surface area (Å²) >= 11 is 5.90. The Bertz CT molecular complexity index is 1130. The van der Waals surface area contributed by atoms with Gasteiger partial charge in [0.2, 0.25) is 0 Å². The molecule has 0 aliphatic carbocycles. The Morgan fingerprint density at radius 1 is 1.15 bits per heavy atom. The SMILES string of the molecule is Cn1cnc2cc(NCc3cc(-c4ccc(Cl)cc4)no3)ccc2c1=O. The van der Waals surface area contributed by atoms with Gasteiger partial charge in [-0.15, -0.1) is 0 Å². The Balaban J connectivity index is 1.51. The van der Waals surface area contributed by atoms with Gasteiger partial charge in [-0.05, 0) is 30.3 Å². The van der Waals surface area contributed by atoms with Crippen molar-refractivity contribution in [3.63, 3.8) is 0 Å². The fraction of sp³-hybridized carbons (Fsp3) is 0.105. The molecule has 0 atom stereocenters. The molecule has 2 aromatic heterocycles. The average Bonchev–Trinajstić information content (AvgIpc) is 3.13. The molecule has 0 fully saturated rings. The summed E-state index contributed by atoms with van der Waals surface area (Å²) in [5.74, 6) is 0.701. The number of aryl methyl sites for hydroxylation is 1. The topological polar surface area (TPSA) is 73.0 Å². The lowest BCUT2D eigenvalue weighted by molar-refractivity contribution is 0.390. The summed E-state index contributed by atoms with van der Waals surface area (Å²) in [6.45, 7) is 0.469. The minimum Gasteiger partial charge on any atom is -0.378 e. The van der Waals surface area contributed by atoms with Crippen molar-refractivity contribution in [2.45, 2.75) is 6.54 Å². The molecule has 0 saturated heterocycles. The van der Waals surface area contributed by atoms with Gasteiger partial charge in [-0.1, -0.05) is 28.9 Å². The second kappa shape index (κ2) is 6.65. The first-order valence-electron chi connectivity index (χ1n) is 8.01. The number of aromatic nitrogens is 3. The maximum Gasteiger partial charge on any atom is 0.260 e. The van der Waals surface area contributed by atoms with E-state index in [1.54, 1.807) is 13.1 Å². The van der Waals surface area contributed by atoms with Gasteiger partial charge < -0.3 is 14.4 Å². The Kier molecular flexibility index (Phi) is 4.18. The zero-order valence-electron chi connectivity index (χ0n) is 13.9. The predicted octanol–water partition coefficient (Wildman–Crippen LogP) is 3.85. The average molecular weight is 367 g/mol. The van der Waals surface area contributed by atoms with Crippen molar-refractivity contribution in [1.29, 1.82) is 0 Å². The van der Waals surface area contributed by atoms with E-state index in [0.717, 1.165) is 16.9 Å². The molecular weight excluding hydrogens is 352 g/mol. The molecule has 6 nitrogen and oxygen atoms in total. The van der Waals surface area contributed by atoms with Crippen LogP contribution >= 0.6 is 11.6 Å². The van der Waals surface area contributed by atoms with Crippen LogP contribution in [-0.4, -0.2) is 14.7 Å². The van der Waals surface area contributed by atoms with E-state index in [2.05, 4.69) is 15.5 Å². The van der Waals surface area contributed by atoms with Crippen LogP contribution in [0.4, 0.5) is 5.69 Å². The van der Waals surface area contributed by atoms with Crippen molar-refractivity contribution in [2.75, 3.05) is 5.32 Å². The van der Waals surface area contributed by atoms with E-state index in [-0.39, 0.29) is 5.56 Å². The van der Waals surface area contributed by atoms with E-state index >= 15 is 0 Å². The van der Waals surface area contributed by atoms with Gasteiger partial charge in [0.15, 0.2) is 5.76 Å². The number of anilines is 1. The van der Waals surface area contributed by atoms with Gasteiger partial charge in [-0.2, -0.15) is 0 Å². The zero-order chi connectivity index (χ0) is 18.1. The van der Waals surface area contributed by atoms with E-state index in [0.29, 0.717) is 28.2 Å². The minimum atomic E-state index is -0.0654. The number of hydrogen-bond acceptors (Lipinski definition) is 5. The maximum absolute atomic E-state index is 12.0. The van der Waals surface area contributed by atoms with Crippen LogP contribution in [-0.2, 0) is 13.6 Å². The van der Waals surface area contributed by atoms with Gasteiger partial charge in [0.25, 0.3) is 5.56 Å². The Morgan fingerprint density at radius 2 is 1.96 bits per heavy atom. The van der Waals surface area contributed by atoms with Crippen molar-refractivity contribution >= 4 is 28.2 Å². The normalized spacial score (nSPS) is 11.0. The summed E-state index contributed by atoms with van der Waals surface area (Å²) in [4.78, 5) is 16.3. The maximum atomic E-state index is 12.0. The van der Waals surface area contributed by atoms with Gasteiger partial charge in [0.05, 0.1) is 23.8 Å². The molecule has 26 heavy (non-hydrogen) atoms. The Morgan fingerprint density at radius 3 is 2.77 bits per heavy atom. The van der Waals surface area contributed by atoms with Crippen molar-refractivity contribution < 1.29 is 4.52 Å². The highest BCUT2D eigenvalue weighted by molar-refractivity contribution is 6.30. The summed E-state index contributed by atoms with van der Waals surface area (Å²) < 4.78 is 6.84. The molecule has 0 radical (unpaired) electrons. The van der Waals surface area contributed by atoms with Gasteiger partial charge in [0, 0.05) is 29.4 Å². The van der Waals surface area contributed by atoms with Crippen LogP contribution in [0.2, 0.25) is 5.02 Å². The van der Waals surface area contributed by atoms with Crippen LogP contribution in [0.1, 0.15) is 5.76 Å². The third-order valence-electron chi connectivity index (χ3n) is 4.08. The standard InChI is InChI=1S/C19H15ClN4O2/c1-24-11-22-18-8-14(6-7-16(18)19(24)25)21-10-15-9-17(23-26-15)12-2-4-13(20)5-3-12/h2-9,11,21H,10H2,1H3. The van der Waals surface area contributed by atoms with Crippen molar-refractivity contribution in [3.05, 3.63) is 76.0 Å². The first-order chi connectivity index (χ1) is 12.6. The molecule has 4 aromatic rings. The number of rotatable bonds is 4. The molecule has 2 aromatic carbocycles. The van der Waals surface area contributed by atoms with Crippen LogP contribution in [0.25, 0.3) is 22.2 Å². The summed E-state index contributed by atoms with van der Waals surface area (Å²) in [6.07, 6.45) is 1.52. The van der Waals surface area contributed by atoms with Crippen molar-refractivity contribution in [1.82, 2.24) is 14.7 Å². The second-order valence-corrected chi connectivity index (χ2v) is 6.37. The first kappa shape index (κ1) is 16.4. The smallest absolute Gasteiger partial charge is 0.260 e. The third-order valence-corrected chi connectivity index (χ3v) is 4.34. The van der Waals surface area contributed by atoms with Gasteiger partial charge in [-0.3, -0.25) is 4.79 Å². The quantitative estimate of drug-likeness (QED) is 0.593. The highest BCUT2D eigenvalue weighted by Gasteiger charge is 2.08. The van der Waals surface area contributed by atoms with E-state index < -0.39 is 0 Å². The highest BCUT2D eigenvalue weighted by atomic mass is 35.5. The lowest BCUT2D eigenvalue weighted by atomic mass is 10.1. The molecule has 2 heterocycles. The number of nitrogens with zero attached hydrogens (tertiary/aromatic N) is 3. The molecule has 7 heteroatoms. The fourth-order valence-corrected chi connectivity index (χ4v) is 2.79. The first-order valence-corrected chi connectivity index (χ1v) is 8.39. The minimum absolute atomic E-state index is 0.0654. The molecule has 0 aliphatic heterocycles. The third kappa shape index (κ3) is 3.19. The summed E-state index contributed by atoms with van der Waals surface area (Å²) in [5, 5.41) is 8.61. The van der Waals surface area contributed by atoms with E-state index in [9.17, 15) is 4.79 Å². The van der Waals surface area contributed by atoms with Crippen LogP contribution < -0.4 is 10.9 Å². The van der Waals surface area contributed by atoms with Crippen LogP contribution in [0.3, 0.4) is 0 Å². The monoisotopic (exact) mass is 366 g/mol. The molecule has 0 saturated carbocycles. The number of halogens is 1. The zero-order valence-corrected chi connectivity index (χ0v) is 14.7. The lowest BCUT2D eigenvalue weighted by Crippen LogP contribution is -2.16. The van der Waals surface area contributed by atoms with Crippen molar-refractivity contribution in [3.8, 4) is 11.3 Å². The predicted molar refractivity (Wildman–Crippen MR) is 101 cm³/mol. The molecule has 0 spiro atoms. The van der Waals surface area contributed by atoms with Crippen LogP contribution in [0, 0.1) is 0 Å². The number of benzene rings is 2. The molecule has 0 bridgehead atoms. The lowest BCUT2D eigenvalue weighted by Gasteiger charge is -2.06. The summed E-state index contributed by atoms with van der Waals surface area (Å²) in [7, 11) is 1.68. The highest BCUT2D eigenvalue weighted by Crippen LogP contribution is 2.22. The Hall–Kier alpha value is -3.12. The molecule has 4 rings (SSSR count).